The van der Waals surface area contributed by atoms with Crippen LogP contribution in [0.5, 0.6) is 0 Å². The molecule has 26 heavy (non-hydrogen) atoms. The lowest BCUT2D eigenvalue weighted by Gasteiger charge is -2.08. The van der Waals surface area contributed by atoms with Crippen LogP contribution >= 0.6 is 15.9 Å². The van der Waals surface area contributed by atoms with Gasteiger partial charge in [-0.1, -0.05) is 0 Å². The summed E-state index contributed by atoms with van der Waals surface area (Å²) in [6, 6.07) is 11.7. The maximum atomic E-state index is 14.0. The van der Waals surface area contributed by atoms with Crippen molar-refractivity contribution in [2.75, 3.05) is 5.32 Å². The maximum Gasteiger partial charge on any atom is 0.223 e. The normalized spacial score (nSPS) is 10.7. The minimum Gasteiger partial charge on any atom is -0.354 e. The summed E-state index contributed by atoms with van der Waals surface area (Å²) in [4.78, 5) is 9.51. The third-order valence-corrected chi connectivity index (χ3v) is 3.90. The summed E-state index contributed by atoms with van der Waals surface area (Å²) in [6.07, 6.45) is 4.96. The lowest BCUT2D eigenvalue weighted by atomic mass is 10.2. The molecule has 3 heterocycles. The van der Waals surface area contributed by atoms with E-state index in [9.17, 15) is 4.39 Å². The third kappa shape index (κ3) is 3.57. The number of anilines is 2. The zero-order valence-corrected chi connectivity index (χ0v) is 14.8. The summed E-state index contributed by atoms with van der Waals surface area (Å²) in [5, 5.41) is 15.3. The fourth-order valence-electron chi connectivity index (χ4n) is 2.30. The molecule has 0 spiro atoms. The van der Waals surface area contributed by atoms with Crippen molar-refractivity contribution in [1.29, 1.82) is 0 Å². The smallest absolute Gasteiger partial charge is 0.223 e. The van der Waals surface area contributed by atoms with E-state index in [4.69, 9.17) is 0 Å². The van der Waals surface area contributed by atoms with E-state index in [-0.39, 0.29) is 0 Å². The van der Waals surface area contributed by atoms with E-state index >= 15 is 0 Å². The third-order valence-electron chi connectivity index (χ3n) is 3.43. The van der Waals surface area contributed by atoms with Gasteiger partial charge in [-0.2, -0.15) is 0 Å². The summed E-state index contributed by atoms with van der Waals surface area (Å²) in [5.74, 6) is -0.0713. The Labute approximate surface area is 156 Å². The Morgan fingerprint density at radius 3 is 2.73 bits per heavy atom. The number of hydrogen-bond donors (Lipinski definition) is 1. The van der Waals surface area contributed by atoms with Gasteiger partial charge in [0.25, 0.3) is 0 Å². The van der Waals surface area contributed by atoms with E-state index in [1.54, 1.807) is 36.8 Å². The molecule has 0 aliphatic carbocycles. The molecule has 4 rings (SSSR count). The van der Waals surface area contributed by atoms with Gasteiger partial charge in [0.1, 0.15) is 11.5 Å². The summed E-state index contributed by atoms with van der Waals surface area (Å²) in [6.45, 7) is 0. The van der Waals surface area contributed by atoms with Crippen LogP contribution in [0.4, 0.5) is 15.8 Å². The van der Waals surface area contributed by atoms with Crippen molar-refractivity contribution in [2.45, 2.75) is 0 Å². The van der Waals surface area contributed by atoms with Gasteiger partial charge in [0, 0.05) is 28.6 Å². The molecule has 0 bridgehead atoms. The fraction of sp³-hybridized carbons (Fsp3) is 0. The summed E-state index contributed by atoms with van der Waals surface area (Å²) >= 11 is 3.33. The molecule has 0 atom stereocenters. The second-order valence-electron chi connectivity index (χ2n) is 5.33. The van der Waals surface area contributed by atoms with E-state index < -0.39 is 5.82 Å². The molecular weight excluding hydrogens is 401 g/mol. The first-order chi connectivity index (χ1) is 12.7. The van der Waals surface area contributed by atoms with Gasteiger partial charge in [-0.15, -0.1) is 15.0 Å². The number of pyridine rings is 2. The Balaban J connectivity index is 1.64. The van der Waals surface area contributed by atoms with Gasteiger partial charge < -0.3 is 5.32 Å². The average Bonchev–Trinajstić information content (AvgIpc) is 3.13. The van der Waals surface area contributed by atoms with E-state index in [0.29, 0.717) is 22.9 Å². The first-order valence-electron chi connectivity index (χ1n) is 7.57. The van der Waals surface area contributed by atoms with Crippen molar-refractivity contribution in [3.8, 4) is 17.2 Å². The number of rotatable bonds is 4. The zero-order valence-electron chi connectivity index (χ0n) is 13.2. The number of tetrazole rings is 1. The molecule has 3 aromatic heterocycles. The van der Waals surface area contributed by atoms with Crippen LogP contribution in [0.25, 0.3) is 17.2 Å². The Morgan fingerprint density at radius 2 is 1.96 bits per heavy atom. The van der Waals surface area contributed by atoms with Gasteiger partial charge in [-0.05, 0) is 57.5 Å². The topological polar surface area (TPSA) is 81.4 Å². The average molecular weight is 412 g/mol. The molecule has 0 fully saturated rings. The minimum absolute atomic E-state index is 0.350. The van der Waals surface area contributed by atoms with E-state index in [2.05, 4.69) is 46.6 Å². The molecule has 9 heteroatoms. The molecule has 4 aromatic rings. The van der Waals surface area contributed by atoms with Gasteiger partial charge in [-0.3, -0.25) is 9.97 Å². The second kappa shape index (κ2) is 6.96. The molecule has 1 aromatic carbocycles. The quantitative estimate of drug-likeness (QED) is 0.550. The van der Waals surface area contributed by atoms with E-state index in [1.807, 2.05) is 12.1 Å². The number of halogens is 2. The number of nitrogens with one attached hydrogen (secondary N) is 1. The second-order valence-corrected chi connectivity index (χ2v) is 6.24. The Bertz CT molecular complexity index is 1030. The van der Waals surface area contributed by atoms with E-state index in [0.717, 1.165) is 10.2 Å². The first-order valence-corrected chi connectivity index (χ1v) is 8.37. The highest BCUT2D eigenvalue weighted by Gasteiger charge is 2.10. The van der Waals surface area contributed by atoms with Crippen LogP contribution in [0.3, 0.4) is 0 Å². The van der Waals surface area contributed by atoms with Crippen LogP contribution < -0.4 is 5.32 Å². The Morgan fingerprint density at radius 1 is 1.04 bits per heavy atom. The van der Waals surface area contributed by atoms with Gasteiger partial charge >= 0.3 is 0 Å². The molecule has 0 saturated heterocycles. The van der Waals surface area contributed by atoms with Gasteiger partial charge in [0.15, 0.2) is 0 Å². The Kier molecular flexibility index (Phi) is 4.36. The monoisotopic (exact) mass is 411 g/mol. The molecule has 0 radical (unpaired) electrons. The molecule has 0 aliphatic heterocycles. The van der Waals surface area contributed by atoms with Crippen molar-refractivity contribution in [1.82, 2.24) is 30.2 Å². The van der Waals surface area contributed by atoms with Gasteiger partial charge in [0.2, 0.25) is 5.82 Å². The lowest BCUT2D eigenvalue weighted by Crippen LogP contribution is -2.01. The minimum atomic E-state index is -0.422. The predicted molar refractivity (Wildman–Crippen MR) is 97.6 cm³/mol. The molecule has 0 aliphatic rings. The predicted octanol–water partition coefficient (Wildman–Crippen LogP) is 3.76. The number of benzene rings is 1. The zero-order chi connectivity index (χ0) is 17.9. The lowest BCUT2D eigenvalue weighted by molar-refractivity contribution is 0.622. The molecule has 0 saturated carbocycles. The summed E-state index contributed by atoms with van der Waals surface area (Å²) in [5.41, 5.74) is 2.31. The number of aromatic nitrogens is 6. The van der Waals surface area contributed by atoms with Crippen molar-refractivity contribution >= 4 is 27.3 Å². The summed E-state index contributed by atoms with van der Waals surface area (Å²) < 4.78 is 14.9. The molecule has 7 nitrogen and oxygen atoms in total. The van der Waals surface area contributed by atoms with Crippen LogP contribution in [0, 0.1) is 5.82 Å². The highest BCUT2D eigenvalue weighted by Crippen LogP contribution is 2.21. The highest BCUT2D eigenvalue weighted by atomic mass is 79.9. The molecule has 0 amide bonds. The van der Waals surface area contributed by atoms with Crippen LogP contribution in [0.1, 0.15) is 0 Å². The van der Waals surface area contributed by atoms with Crippen molar-refractivity contribution in [2.24, 2.45) is 0 Å². The Hall–Kier alpha value is -3.20. The highest BCUT2D eigenvalue weighted by molar-refractivity contribution is 9.10. The molecule has 1 N–H and O–H groups in total. The SMILES string of the molecule is Fc1cc(Nc2cccnc2)cc(-n2nnc(-c3ccc(Br)cn3)n2)c1. The van der Waals surface area contributed by atoms with Crippen molar-refractivity contribution < 1.29 is 4.39 Å². The number of hydrogen-bond acceptors (Lipinski definition) is 6. The van der Waals surface area contributed by atoms with Crippen molar-refractivity contribution in [3.05, 3.63) is 71.3 Å². The van der Waals surface area contributed by atoms with Crippen LogP contribution in [0.2, 0.25) is 0 Å². The standard InChI is InChI=1S/C17H11BrFN7/c18-11-3-4-16(21-9-11)17-23-25-26(24-17)15-7-12(19)6-14(8-15)22-13-2-1-5-20-10-13/h1-10,22H. The molecular formula is C17H11BrFN7. The van der Waals surface area contributed by atoms with E-state index in [1.165, 1.54) is 16.9 Å². The van der Waals surface area contributed by atoms with Gasteiger partial charge in [-0.25, -0.2) is 4.39 Å². The maximum absolute atomic E-state index is 14.0. The van der Waals surface area contributed by atoms with Crippen molar-refractivity contribution in [3.63, 3.8) is 0 Å². The van der Waals surface area contributed by atoms with Crippen LogP contribution in [0.15, 0.2) is 65.5 Å². The van der Waals surface area contributed by atoms with Gasteiger partial charge in [0.05, 0.1) is 17.6 Å². The first kappa shape index (κ1) is 16.3. The fourth-order valence-corrected chi connectivity index (χ4v) is 2.53. The molecule has 128 valence electrons. The number of nitrogens with zero attached hydrogens (tertiary/aromatic N) is 6. The van der Waals surface area contributed by atoms with Crippen LogP contribution in [-0.2, 0) is 0 Å². The molecule has 0 unspecified atom stereocenters. The summed E-state index contributed by atoms with van der Waals surface area (Å²) in [7, 11) is 0. The van der Waals surface area contributed by atoms with Crippen LogP contribution in [-0.4, -0.2) is 30.2 Å². The largest absolute Gasteiger partial charge is 0.354 e.